The van der Waals surface area contributed by atoms with Gasteiger partial charge in [0.25, 0.3) is 0 Å². The molecule has 0 radical (unpaired) electrons. The van der Waals surface area contributed by atoms with Gasteiger partial charge in [-0.25, -0.2) is 8.42 Å². The maximum Gasteiger partial charge on any atom is 0.239 e. The molecule has 2 saturated heterocycles. The Morgan fingerprint density at radius 2 is 1.89 bits per heavy atom. The highest BCUT2D eigenvalue weighted by molar-refractivity contribution is 7.91. The third-order valence-electron chi connectivity index (χ3n) is 6.41. The van der Waals surface area contributed by atoms with E-state index in [1.807, 2.05) is 13.8 Å². The highest BCUT2D eigenvalue weighted by Gasteiger charge is 2.37. The largest absolute Gasteiger partial charge is 0.369 e. The number of hydrogen-bond donors (Lipinski definition) is 0. The number of rotatable bonds is 5. The highest BCUT2D eigenvalue weighted by Crippen LogP contribution is 2.25. The smallest absolute Gasteiger partial charge is 0.239 e. The second kappa shape index (κ2) is 8.41. The van der Waals surface area contributed by atoms with Crippen molar-refractivity contribution in [3.8, 4) is 0 Å². The minimum absolute atomic E-state index is 0.0600. The average Bonchev–Trinajstić information content (AvgIpc) is 3.03. The van der Waals surface area contributed by atoms with Gasteiger partial charge in [-0.3, -0.25) is 9.69 Å². The molecule has 0 saturated carbocycles. The molecule has 1 amide bonds. The van der Waals surface area contributed by atoms with E-state index in [4.69, 9.17) is 0 Å². The fourth-order valence-electron chi connectivity index (χ4n) is 4.44. The Hall–Kier alpha value is -1.60. The van der Waals surface area contributed by atoms with Gasteiger partial charge in [0, 0.05) is 44.5 Å². The number of aryl methyl sites for hydroxylation is 1. The Labute approximate surface area is 169 Å². The number of anilines is 1. The lowest BCUT2D eigenvalue weighted by Gasteiger charge is -2.41. The lowest BCUT2D eigenvalue weighted by atomic mass is 10.1. The van der Waals surface area contributed by atoms with Crippen molar-refractivity contribution < 1.29 is 13.2 Å². The first kappa shape index (κ1) is 21.1. The molecule has 6 nitrogen and oxygen atoms in total. The normalized spacial score (nSPS) is 23.6. The molecule has 3 rings (SSSR count). The van der Waals surface area contributed by atoms with Crippen LogP contribution in [0.25, 0.3) is 0 Å². The third kappa shape index (κ3) is 4.35. The molecule has 7 heteroatoms. The van der Waals surface area contributed by atoms with Crippen LogP contribution in [0, 0.1) is 13.8 Å². The van der Waals surface area contributed by atoms with E-state index in [2.05, 4.69) is 41.8 Å². The summed E-state index contributed by atoms with van der Waals surface area (Å²) in [5.74, 6) is 0.370. The Morgan fingerprint density at radius 1 is 1.21 bits per heavy atom. The number of carbonyl (C=O) groups is 1. The van der Waals surface area contributed by atoms with Gasteiger partial charge < -0.3 is 9.80 Å². The second-order valence-corrected chi connectivity index (χ2v) is 10.3. The van der Waals surface area contributed by atoms with E-state index in [0.717, 1.165) is 26.2 Å². The van der Waals surface area contributed by atoms with Gasteiger partial charge in [-0.1, -0.05) is 12.1 Å². The first-order valence-corrected chi connectivity index (χ1v) is 12.1. The lowest BCUT2D eigenvalue weighted by molar-refractivity contribution is -0.138. The van der Waals surface area contributed by atoms with Crippen molar-refractivity contribution in [2.75, 3.05) is 49.1 Å². The summed E-state index contributed by atoms with van der Waals surface area (Å²) in [6, 6.07) is 6.03. The zero-order valence-electron chi connectivity index (χ0n) is 17.5. The monoisotopic (exact) mass is 407 g/mol. The van der Waals surface area contributed by atoms with Crippen molar-refractivity contribution in [1.29, 1.82) is 0 Å². The molecule has 28 heavy (non-hydrogen) atoms. The van der Waals surface area contributed by atoms with Gasteiger partial charge in [-0.15, -0.1) is 0 Å². The van der Waals surface area contributed by atoms with Crippen molar-refractivity contribution >= 4 is 21.4 Å². The molecular weight excluding hydrogens is 374 g/mol. The predicted octanol–water partition coefficient (Wildman–Crippen LogP) is 1.85. The van der Waals surface area contributed by atoms with E-state index in [0.29, 0.717) is 13.0 Å². The van der Waals surface area contributed by atoms with E-state index in [1.165, 1.54) is 16.8 Å². The first-order chi connectivity index (χ1) is 13.2. The van der Waals surface area contributed by atoms with Crippen LogP contribution in [-0.2, 0) is 14.6 Å². The number of sulfone groups is 1. The molecule has 2 aliphatic heterocycles. The van der Waals surface area contributed by atoms with Gasteiger partial charge in [-0.05, 0) is 51.3 Å². The fraction of sp³-hybridized carbons (Fsp3) is 0.667. The van der Waals surface area contributed by atoms with Gasteiger partial charge in [0.2, 0.25) is 5.91 Å². The minimum Gasteiger partial charge on any atom is -0.369 e. The van der Waals surface area contributed by atoms with E-state index in [-0.39, 0.29) is 29.5 Å². The Morgan fingerprint density at radius 3 is 2.46 bits per heavy atom. The molecule has 2 heterocycles. The van der Waals surface area contributed by atoms with E-state index >= 15 is 0 Å². The molecule has 2 aliphatic rings. The van der Waals surface area contributed by atoms with Gasteiger partial charge >= 0.3 is 0 Å². The average molecular weight is 408 g/mol. The maximum absolute atomic E-state index is 13.1. The van der Waals surface area contributed by atoms with Crippen molar-refractivity contribution in [3.63, 3.8) is 0 Å². The van der Waals surface area contributed by atoms with Crippen LogP contribution in [-0.4, -0.2) is 80.4 Å². The molecule has 1 aromatic rings. The van der Waals surface area contributed by atoms with Crippen LogP contribution < -0.4 is 4.90 Å². The van der Waals surface area contributed by atoms with Crippen LogP contribution in [0.15, 0.2) is 18.2 Å². The molecule has 0 unspecified atom stereocenters. The van der Waals surface area contributed by atoms with Crippen LogP contribution in [0.3, 0.4) is 0 Å². The van der Waals surface area contributed by atoms with Crippen molar-refractivity contribution in [3.05, 3.63) is 29.3 Å². The summed E-state index contributed by atoms with van der Waals surface area (Å²) < 4.78 is 23.6. The molecule has 0 N–H and O–H groups in total. The maximum atomic E-state index is 13.1. The SMILES string of the molecule is CCN(C(=O)[C@H](C)N1CCN(c2cccc(C)c2C)CC1)[C@@H]1CCS(=O)(=O)C1. The van der Waals surface area contributed by atoms with Gasteiger partial charge in [0.1, 0.15) is 0 Å². The predicted molar refractivity (Wildman–Crippen MR) is 114 cm³/mol. The number of piperazine rings is 1. The Balaban J connectivity index is 1.62. The number of benzene rings is 1. The van der Waals surface area contributed by atoms with Gasteiger partial charge in [0.05, 0.1) is 17.5 Å². The molecule has 156 valence electrons. The summed E-state index contributed by atoms with van der Waals surface area (Å²) in [7, 11) is -2.99. The topological polar surface area (TPSA) is 60.9 Å². The zero-order valence-corrected chi connectivity index (χ0v) is 18.3. The van der Waals surface area contributed by atoms with Crippen LogP contribution >= 0.6 is 0 Å². The minimum atomic E-state index is -2.99. The first-order valence-electron chi connectivity index (χ1n) is 10.3. The van der Waals surface area contributed by atoms with E-state index < -0.39 is 9.84 Å². The molecule has 0 bridgehead atoms. The molecule has 2 atom stereocenters. The number of carbonyl (C=O) groups excluding carboxylic acids is 1. The van der Waals surface area contributed by atoms with Crippen molar-refractivity contribution in [2.24, 2.45) is 0 Å². The summed E-state index contributed by atoms with van der Waals surface area (Å²) in [5.41, 5.74) is 3.90. The van der Waals surface area contributed by atoms with Crippen molar-refractivity contribution in [2.45, 2.75) is 46.2 Å². The van der Waals surface area contributed by atoms with Crippen LogP contribution in [0.1, 0.15) is 31.4 Å². The zero-order chi connectivity index (χ0) is 20.5. The van der Waals surface area contributed by atoms with Gasteiger partial charge in [-0.2, -0.15) is 0 Å². The molecular formula is C21H33N3O3S. The quantitative estimate of drug-likeness (QED) is 0.746. The van der Waals surface area contributed by atoms with Gasteiger partial charge in [0.15, 0.2) is 9.84 Å². The summed E-state index contributed by atoms with van der Waals surface area (Å²) >= 11 is 0. The summed E-state index contributed by atoms with van der Waals surface area (Å²) in [4.78, 5) is 19.5. The summed E-state index contributed by atoms with van der Waals surface area (Å²) in [6.45, 7) is 12.2. The number of amides is 1. The van der Waals surface area contributed by atoms with Crippen molar-refractivity contribution in [1.82, 2.24) is 9.80 Å². The Kier molecular flexibility index (Phi) is 6.34. The summed E-state index contributed by atoms with van der Waals surface area (Å²) in [6.07, 6.45) is 0.565. The fourth-order valence-corrected chi connectivity index (χ4v) is 6.17. The van der Waals surface area contributed by atoms with E-state index in [9.17, 15) is 13.2 Å². The molecule has 0 aromatic heterocycles. The van der Waals surface area contributed by atoms with Crippen LogP contribution in [0.5, 0.6) is 0 Å². The lowest BCUT2D eigenvalue weighted by Crippen LogP contribution is -2.56. The molecule has 0 aliphatic carbocycles. The molecule has 2 fully saturated rings. The second-order valence-electron chi connectivity index (χ2n) is 8.10. The highest BCUT2D eigenvalue weighted by atomic mass is 32.2. The molecule has 0 spiro atoms. The Bertz CT molecular complexity index is 816. The van der Waals surface area contributed by atoms with E-state index in [1.54, 1.807) is 4.90 Å². The standard InChI is InChI=1S/C21H33N3O3S/c1-5-24(19-9-14-28(26,27)15-19)21(25)18(4)22-10-12-23(13-11-22)20-8-6-7-16(2)17(20)3/h6-8,18-19H,5,9-15H2,1-4H3/t18-,19+/m0/s1. The van der Waals surface area contributed by atoms with Crippen LogP contribution in [0.4, 0.5) is 5.69 Å². The number of nitrogens with zero attached hydrogens (tertiary/aromatic N) is 3. The molecule has 1 aromatic carbocycles. The third-order valence-corrected chi connectivity index (χ3v) is 8.16. The number of hydrogen-bond acceptors (Lipinski definition) is 5. The number of likely N-dealkylation sites (N-methyl/N-ethyl adjacent to an activating group) is 1. The van der Waals surface area contributed by atoms with Crippen LogP contribution in [0.2, 0.25) is 0 Å². The summed E-state index contributed by atoms with van der Waals surface area (Å²) in [5, 5.41) is 0.